The predicted molar refractivity (Wildman–Crippen MR) is 96.6 cm³/mol. The first-order valence-electron chi connectivity index (χ1n) is 7.27. The third kappa shape index (κ3) is 3.36. The minimum atomic E-state index is -0.0890. The summed E-state index contributed by atoms with van der Waals surface area (Å²) in [7, 11) is 0. The van der Waals surface area contributed by atoms with E-state index in [0.717, 1.165) is 27.7 Å². The van der Waals surface area contributed by atoms with Crippen molar-refractivity contribution in [2.45, 2.75) is 20.3 Å². The van der Waals surface area contributed by atoms with Crippen molar-refractivity contribution in [3.63, 3.8) is 0 Å². The molecule has 0 aliphatic rings. The van der Waals surface area contributed by atoms with Crippen LogP contribution in [-0.2, 0) is 11.2 Å². The Kier molecular flexibility index (Phi) is 4.33. The molecule has 0 bridgehead atoms. The lowest BCUT2D eigenvalue weighted by Crippen LogP contribution is -2.14. The van der Waals surface area contributed by atoms with Gasteiger partial charge in [0.25, 0.3) is 0 Å². The Morgan fingerprint density at radius 2 is 1.91 bits per heavy atom. The fourth-order valence-corrected chi connectivity index (χ4v) is 2.97. The monoisotopic (exact) mass is 346 g/mol. The van der Waals surface area contributed by atoms with Crippen LogP contribution < -0.4 is 5.32 Å². The van der Waals surface area contributed by atoms with Crippen LogP contribution in [0.5, 0.6) is 0 Å². The second-order valence-electron chi connectivity index (χ2n) is 5.61. The number of aryl methyl sites for hydroxylation is 2. The molecule has 0 unspecified atom stereocenters. The van der Waals surface area contributed by atoms with E-state index in [0.29, 0.717) is 15.7 Å². The van der Waals surface area contributed by atoms with E-state index in [4.69, 9.17) is 23.2 Å². The molecule has 5 heteroatoms. The number of anilines is 1. The van der Waals surface area contributed by atoms with E-state index in [1.807, 2.05) is 44.2 Å². The maximum absolute atomic E-state index is 12.4. The second kappa shape index (κ2) is 6.26. The van der Waals surface area contributed by atoms with Crippen LogP contribution in [0.15, 0.2) is 36.4 Å². The summed E-state index contributed by atoms with van der Waals surface area (Å²) >= 11 is 12.2. The average Bonchev–Trinajstić information content (AvgIpc) is 2.79. The number of aromatic nitrogens is 1. The molecule has 0 atom stereocenters. The molecule has 2 aromatic carbocycles. The SMILES string of the molecule is Cc1ccc(NC(=O)Cc2c(C)[nH]c3ccc(Cl)cc23)cc1Cl. The molecule has 118 valence electrons. The summed E-state index contributed by atoms with van der Waals surface area (Å²) in [6, 6.07) is 11.1. The van der Waals surface area contributed by atoms with Gasteiger partial charge in [0.15, 0.2) is 0 Å². The molecule has 0 aliphatic carbocycles. The molecule has 0 fully saturated rings. The van der Waals surface area contributed by atoms with Crippen molar-refractivity contribution in [2.24, 2.45) is 0 Å². The minimum absolute atomic E-state index is 0.0890. The fraction of sp³-hybridized carbons (Fsp3) is 0.167. The molecule has 3 aromatic rings. The number of hydrogen-bond donors (Lipinski definition) is 2. The Hall–Kier alpha value is -1.97. The van der Waals surface area contributed by atoms with Crippen LogP contribution in [0.2, 0.25) is 10.0 Å². The summed E-state index contributed by atoms with van der Waals surface area (Å²) in [5.74, 6) is -0.0890. The van der Waals surface area contributed by atoms with Gasteiger partial charge >= 0.3 is 0 Å². The largest absolute Gasteiger partial charge is 0.358 e. The van der Waals surface area contributed by atoms with Gasteiger partial charge < -0.3 is 10.3 Å². The van der Waals surface area contributed by atoms with Gasteiger partial charge in [0, 0.05) is 32.3 Å². The number of carbonyl (C=O) groups is 1. The van der Waals surface area contributed by atoms with E-state index in [-0.39, 0.29) is 12.3 Å². The quantitative estimate of drug-likeness (QED) is 0.666. The van der Waals surface area contributed by atoms with Gasteiger partial charge in [-0.15, -0.1) is 0 Å². The zero-order valence-electron chi connectivity index (χ0n) is 12.8. The summed E-state index contributed by atoms with van der Waals surface area (Å²) in [5, 5.41) is 5.16. The number of nitrogens with one attached hydrogen (secondary N) is 2. The smallest absolute Gasteiger partial charge is 0.228 e. The first-order chi connectivity index (χ1) is 10.9. The molecule has 0 radical (unpaired) electrons. The van der Waals surface area contributed by atoms with Crippen molar-refractivity contribution in [2.75, 3.05) is 5.32 Å². The van der Waals surface area contributed by atoms with Gasteiger partial charge in [0.2, 0.25) is 5.91 Å². The van der Waals surface area contributed by atoms with Gasteiger partial charge in [-0.2, -0.15) is 0 Å². The molecule has 2 N–H and O–H groups in total. The molecule has 1 aromatic heterocycles. The van der Waals surface area contributed by atoms with Crippen LogP contribution in [0.1, 0.15) is 16.8 Å². The van der Waals surface area contributed by atoms with Crippen molar-refractivity contribution in [3.05, 3.63) is 63.3 Å². The third-order valence-electron chi connectivity index (χ3n) is 3.87. The number of fused-ring (bicyclic) bond motifs is 1. The molecular formula is C18H16Cl2N2O. The lowest BCUT2D eigenvalue weighted by molar-refractivity contribution is -0.115. The minimum Gasteiger partial charge on any atom is -0.358 e. The fourth-order valence-electron chi connectivity index (χ4n) is 2.62. The van der Waals surface area contributed by atoms with E-state index in [1.165, 1.54) is 0 Å². The molecule has 0 saturated carbocycles. The van der Waals surface area contributed by atoms with Crippen molar-refractivity contribution in [1.82, 2.24) is 4.98 Å². The first kappa shape index (κ1) is 15.9. The maximum atomic E-state index is 12.4. The van der Waals surface area contributed by atoms with E-state index in [1.54, 1.807) is 6.07 Å². The van der Waals surface area contributed by atoms with Crippen LogP contribution >= 0.6 is 23.2 Å². The zero-order chi connectivity index (χ0) is 16.6. The Labute approximate surface area is 144 Å². The highest BCUT2D eigenvalue weighted by atomic mass is 35.5. The lowest BCUT2D eigenvalue weighted by Gasteiger charge is -2.07. The van der Waals surface area contributed by atoms with Crippen molar-refractivity contribution < 1.29 is 4.79 Å². The van der Waals surface area contributed by atoms with Gasteiger partial charge in [0.1, 0.15) is 0 Å². The highest BCUT2D eigenvalue weighted by molar-refractivity contribution is 6.32. The number of carbonyl (C=O) groups excluding carboxylic acids is 1. The predicted octanol–water partition coefficient (Wildman–Crippen LogP) is 5.27. The van der Waals surface area contributed by atoms with E-state index >= 15 is 0 Å². The lowest BCUT2D eigenvalue weighted by atomic mass is 10.1. The molecule has 0 saturated heterocycles. The molecule has 23 heavy (non-hydrogen) atoms. The van der Waals surface area contributed by atoms with Gasteiger partial charge in [-0.25, -0.2) is 0 Å². The third-order valence-corrected chi connectivity index (χ3v) is 4.52. The molecule has 1 amide bonds. The summed E-state index contributed by atoms with van der Waals surface area (Å²) in [4.78, 5) is 15.6. The standard InChI is InChI=1S/C18H16Cl2N2O/c1-10-3-5-13(8-16(10)20)22-18(23)9-14-11(2)21-17-6-4-12(19)7-15(14)17/h3-8,21H,9H2,1-2H3,(H,22,23). The first-order valence-corrected chi connectivity index (χ1v) is 8.02. The van der Waals surface area contributed by atoms with Crippen LogP contribution in [0.3, 0.4) is 0 Å². The van der Waals surface area contributed by atoms with Crippen molar-refractivity contribution in [1.29, 1.82) is 0 Å². The number of benzene rings is 2. The average molecular weight is 347 g/mol. The van der Waals surface area contributed by atoms with Gasteiger partial charge in [-0.3, -0.25) is 4.79 Å². The number of amides is 1. The molecule has 0 spiro atoms. The van der Waals surface area contributed by atoms with E-state index in [9.17, 15) is 4.79 Å². The van der Waals surface area contributed by atoms with Crippen LogP contribution in [-0.4, -0.2) is 10.9 Å². The summed E-state index contributed by atoms with van der Waals surface area (Å²) in [6.07, 6.45) is 0.275. The van der Waals surface area contributed by atoms with Crippen molar-refractivity contribution in [3.8, 4) is 0 Å². The van der Waals surface area contributed by atoms with Crippen LogP contribution in [0.25, 0.3) is 10.9 Å². The van der Waals surface area contributed by atoms with Gasteiger partial charge in [0.05, 0.1) is 6.42 Å². The Balaban J connectivity index is 1.84. The highest BCUT2D eigenvalue weighted by Crippen LogP contribution is 2.26. The Bertz CT molecular complexity index is 899. The topological polar surface area (TPSA) is 44.9 Å². The van der Waals surface area contributed by atoms with E-state index in [2.05, 4.69) is 10.3 Å². The summed E-state index contributed by atoms with van der Waals surface area (Å²) in [6.45, 7) is 3.88. The molecule has 1 heterocycles. The van der Waals surface area contributed by atoms with Gasteiger partial charge in [-0.1, -0.05) is 29.3 Å². The second-order valence-corrected chi connectivity index (χ2v) is 6.45. The Morgan fingerprint density at radius 3 is 2.65 bits per heavy atom. The number of aromatic amines is 1. The number of halogens is 2. The van der Waals surface area contributed by atoms with Crippen LogP contribution in [0.4, 0.5) is 5.69 Å². The van der Waals surface area contributed by atoms with Crippen molar-refractivity contribution >= 4 is 45.7 Å². The Morgan fingerprint density at radius 1 is 1.13 bits per heavy atom. The van der Waals surface area contributed by atoms with Crippen LogP contribution in [0, 0.1) is 13.8 Å². The molecular weight excluding hydrogens is 331 g/mol. The summed E-state index contributed by atoms with van der Waals surface area (Å²) < 4.78 is 0. The summed E-state index contributed by atoms with van der Waals surface area (Å²) in [5.41, 5.74) is 4.58. The number of H-pyrrole nitrogens is 1. The molecule has 3 rings (SSSR count). The zero-order valence-corrected chi connectivity index (χ0v) is 14.3. The van der Waals surface area contributed by atoms with Gasteiger partial charge in [-0.05, 0) is 55.3 Å². The number of hydrogen-bond acceptors (Lipinski definition) is 1. The normalized spacial score (nSPS) is 11.0. The molecule has 3 nitrogen and oxygen atoms in total. The maximum Gasteiger partial charge on any atom is 0.228 e. The van der Waals surface area contributed by atoms with E-state index < -0.39 is 0 Å². The highest BCUT2D eigenvalue weighted by Gasteiger charge is 2.13. The number of rotatable bonds is 3. The molecule has 0 aliphatic heterocycles.